The number of allylic oxidation sites excluding steroid dienone is 1. The maximum absolute atomic E-state index is 12.6. The molecule has 1 atom stereocenters. The molecule has 1 aromatic rings. The maximum atomic E-state index is 12.6. The molecular weight excluding hydrogens is 269 g/mol. The molecule has 2 aliphatic heterocycles. The number of halogens is 3. The van der Waals surface area contributed by atoms with Crippen LogP contribution in [0.5, 0.6) is 0 Å². The van der Waals surface area contributed by atoms with E-state index in [9.17, 15) is 18.0 Å². The van der Waals surface area contributed by atoms with Crippen molar-refractivity contribution < 1.29 is 18.0 Å². The van der Waals surface area contributed by atoms with E-state index in [0.717, 1.165) is 11.3 Å². The highest BCUT2D eigenvalue weighted by Gasteiger charge is 2.52. The van der Waals surface area contributed by atoms with Gasteiger partial charge in [-0.1, -0.05) is 24.8 Å². The molecule has 0 saturated carbocycles. The second-order valence-corrected chi connectivity index (χ2v) is 4.90. The van der Waals surface area contributed by atoms with Crippen molar-refractivity contribution in [3.05, 3.63) is 42.1 Å². The predicted octanol–water partition coefficient (Wildman–Crippen LogP) is 2.95. The third kappa shape index (κ3) is 1.60. The van der Waals surface area contributed by atoms with Gasteiger partial charge in [0.05, 0.1) is 11.1 Å². The molecule has 1 fully saturated rings. The molecule has 0 N–H and O–H groups in total. The number of nitrogens with zero attached hydrogens (tertiary/aromatic N) is 2. The van der Waals surface area contributed by atoms with E-state index >= 15 is 0 Å². The highest BCUT2D eigenvalue weighted by atomic mass is 19.4. The van der Waals surface area contributed by atoms with Crippen molar-refractivity contribution in [2.24, 2.45) is 4.99 Å². The zero-order valence-electron chi connectivity index (χ0n) is 10.4. The number of carbonyl (C=O) groups excluding carboxylic acids is 1. The molecular formula is C14H11F3N2O. The molecule has 2 heterocycles. The van der Waals surface area contributed by atoms with E-state index in [-0.39, 0.29) is 12.2 Å². The first-order valence-electron chi connectivity index (χ1n) is 6.09. The van der Waals surface area contributed by atoms with Crippen LogP contribution in [0.4, 0.5) is 18.9 Å². The Bertz CT molecular complexity index is 636. The van der Waals surface area contributed by atoms with Gasteiger partial charge in [-0.25, -0.2) is 0 Å². The minimum absolute atomic E-state index is 0.00245. The maximum Gasteiger partial charge on any atom is 0.471 e. The van der Waals surface area contributed by atoms with Gasteiger partial charge in [-0.05, 0) is 18.1 Å². The number of hydrogen-bond acceptors (Lipinski definition) is 2. The second kappa shape index (κ2) is 3.94. The Balaban J connectivity index is 1.99. The summed E-state index contributed by atoms with van der Waals surface area (Å²) in [7, 11) is 0. The minimum Gasteiger partial charge on any atom is -0.308 e. The number of aliphatic imine (C=N–C) groups is 1. The first-order valence-corrected chi connectivity index (χ1v) is 6.09. The fourth-order valence-corrected chi connectivity index (χ4v) is 2.83. The fraction of sp³-hybridized carbons (Fsp3) is 0.286. The molecule has 0 bridgehead atoms. The summed E-state index contributed by atoms with van der Waals surface area (Å²) >= 11 is 0. The molecule has 0 aromatic heterocycles. The van der Waals surface area contributed by atoms with E-state index in [4.69, 9.17) is 0 Å². The first-order chi connectivity index (χ1) is 9.36. The molecule has 1 amide bonds. The van der Waals surface area contributed by atoms with Crippen LogP contribution in [0.1, 0.15) is 12.0 Å². The molecule has 2 aliphatic rings. The smallest absolute Gasteiger partial charge is 0.308 e. The number of carbonyl (C=O) groups is 1. The Kier molecular flexibility index (Phi) is 2.54. The van der Waals surface area contributed by atoms with Crippen LogP contribution in [0.15, 0.2) is 41.5 Å². The predicted molar refractivity (Wildman–Crippen MR) is 67.8 cm³/mol. The van der Waals surface area contributed by atoms with E-state index in [0.29, 0.717) is 11.3 Å². The second-order valence-electron chi connectivity index (χ2n) is 4.90. The van der Waals surface area contributed by atoms with Crippen LogP contribution in [0.2, 0.25) is 0 Å². The quantitative estimate of drug-likeness (QED) is 0.719. The summed E-state index contributed by atoms with van der Waals surface area (Å²) in [4.78, 5) is 16.4. The van der Waals surface area contributed by atoms with Crippen molar-refractivity contribution in [3.63, 3.8) is 0 Å². The molecule has 0 aliphatic carbocycles. The van der Waals surface area contributed by atoms with Gasteiger partial charge in [-0.15, -0.1) is 0 Å². The standard InChI is InChI=1S/C14H11F3N2O/c1-9-13(6-7-19(9)12(20)14(15,16)17)8-18-11-5-3-2-4-10(11)13/h2-5,8H,1,6-7H2. The lowest BCUT2D eigenvalue weighted by Gasteiger charge is -2.26. The van der Waals surface area contributed by atoms with E-state index in [2.05, 4.69) is 11.6 Å². The molecule has 3 rings (SSSR count). The Morgan fingerprint density at radius 3 is 2.75 bits per heavy atom. The number of likely N-dealkylation sites (tertiary alicyclic amines) is 1. The van der Waals surface area contributed by atoms with Crippen LogP contribution >= 0.6 is 0 Å². The molecule has 1 aromatic carbocycles. The van der Waals surface area contributed by atoms with E-state index in [1.165, 1.54) is 0 Å². The average molecular weight is 280 g/mol. The molecule has 0 radical (unpaired) electrons. The number of rotatable bonds is 0. The van der Waals surface area contributed by atoms with Crippen LogP contribution < -0.4 is 0 Å². The number of hydrogen-bond donors (Lipinski definition) is 0. The van der Waals surface area contributed by atoms with Crippen LogP contribution in [0.3, 0.4) is 0 Å². The van der Waals surface area contributed by atoms with E-state index in [1.807, 2.05) is 12.1 Å². The molecule has 6 heteroatoms. The van der Waals surface area contributed by atoms with Crippen molar-refractivity contribution in [3.8, 4) is 0 Å². The SMILES string of the molecule is C=C1N(C(=O)C(F)(F)F)CCC12C=Nc1ccccc12. The Labute approximate surface area is 113 Å². The summed E-state index contributed by atoms with van der Waals surface area (Å²) in [5.41, 5.74) is 0.892. The summed E-state index contributed by atoms with van der Waals surface area (Å²) < 4.78 is 37.7. The molecule has 1 saturated heterocycles. The van der Waals surface area contributed by atoms with Gasteiger partial charge in [0.2, 0.25) is 0 Å². The highest BCUT2D eigenvalue weighted by molar-refractivity contribution is 5.93. The number of alkyl halides is 3. The topological polar surface area (TPSA) is 32.7 Å². The van der Waals surface area contributed by atoms with Gasteiger partial charge in [-0.2, -0.15) is 13.2 Å². The summed E-state index contributed by atoms with van der Waals surface area (Å²) in [5, 5.41) is 0. The normalized spacial score (nSPS) is 24.6. The highest BCUT2D eigenvalue weighted by Crippen LogP contribution is 2.48. The van der Waals surface area contributed by atoms with E-state index < -0.39 is 17.5 Å². The summed E-state index contributed by atoms with van der Waals surface area (Å²) in [6.07, 6.45) is -2.92. The molecule has 1 unspecified atom stereocenters. The lowest BCUT2D eigenvalue weighted by atomic mass is 9.79. The van der Waals surface area contributed by atoms with Gasteiger partial charge >= 0.3 is 12.1 Å². The lowest BCUT2D eigenvalue weighted by Crippen LogP contribution is -2.40. The summed E-state index contributed by atoms with van der Waals surface area (Å²) in [5.74, 6) is -1.86. The van der Waals surface area contributed by atoms with Gasteiger partial charge in [0.15, 0.2) is 0 Å². The van der Waals surface area contributed by atoms with Crippen molar-refractivity contribution in [1.29, 1.82) is 0 Å². The third-order valence-electron chi connectivity index (χ3n) is 3.87. The van der Waals surface area contributed by atoms with Crippen LogP contribution in [0.25, 0.3) is 0 Å². The van der Waals surface area contributed by atoms with Crippen molar-refractivity contribution in [2.75, 3.05) is 6.54 Å². The molecule has 1 spiro atoms. The number of benzene rings is 1. The number of para-hydroxylation sites is 1. The van der Waals surface area contributed by atoms with Crippen LogP contribution in [0, 0.1) is 0 Å². The third-order valence-corrected chi connectivity index (χ3v) is 3.87. The van der Waals surface area contributed by atoms with Gasteiger partial charge in [0, 0.05) is 18.5 Å². The zero-order chi connectivity index (χ0) is 14.5. The van der Waals surface area contributed by atoms with E-state index in [1.54, 1.807) is 18.3 Å². The lowest BCUT2D eigenvalue weighted by molar-refractivity contribution is -0.182. The minimum atomic E-state index is -4.89. The van der Waals surface area contributed by atoms with Gasteiger partial charge in [-0.3, -0.25) is 9.79 Å². The Hall–Kier alpha value is -2.11. The Morgan fingerprint density at radius 1 is 1.35 bits per heavy atom. The number of fused-ring (bicyclic) bond motifs is 2. The van der Waals surface area contributed by atoms with Gasteiger partial charge in [0.25, 0.3) is 0 Å². The largest absolute Gasteiger partial charge is 0.471 e. The first kappa shape index (κ1) is 12.9. The van der Waals surface area contributed by atoms with Crippen LogP contribution in [-0.4, -0.2) is 29.7 Å². The fourth-order valence-electron chi connectivity index (χ4n) is 2.83. The van der Waals surface area contributed by atoms with Gasteiger partial charge < -0.3 is 4.90 Å². The van der Waals surface area contributed by atoms with Crippen LogP contribution in [-0.2, 0) is 10.2 Å². The zero-order valence-corrected chi connectivity index (χ0v) is 10.4. The summed E-state index contributed by atoms with van der Waals surface area (Å²) in [6, 6.07) is 7.22. The van der Waals surface area contributed by atoms with Crippen molar-refractivity contribution in [1.82, 2.24) is 4.90 Å². The monoisotopic (exact) mass is 280 g/mol. The summed E-state index contributed by atoms with van der Waals surface area (Å²) in [6.45, 7) is 3.72. The molecule has 3 nitrogen and oxygen atoms in total. The number of amides is 1. The van der Waals surface area contributed by atoms with Gasteiger partial charge in [0.1, 0.15) is 0 Å². The molecule has 20 heavy (non-hydrogen) atoms. The average Bonchev–Trinajstić information content (AvgIpc) is 2.93. The Morgan fingerprint density at radius 2 is 2.05 bits per heavy atom. The molecule has 104 valence electrons. The van der Waals surface area contributed by atoms with Crippen molar-refractivity contribution >= 4 is 17.8 Å². The van der Waals surface area contributed by atoms with Crippen molar-refractivity contribution in [2.45, 2.75) is 18.0 Å².